The molecule has 142 valence electrons. The molecule has 0 unspecified atom stereocenters. The smallest absolute Gasteiger partial charge is 0.306 e. The fraction of sp³-hybridized carbons (Fsp3) is 0.222. The van der Waals surface area contributed by atoms with E-state index in [4.69, 9.17) is 9.15 Å². The van der Waals surface area contributed by atoms with E-state index in [0.717, 1.165) is 4.90 Å². The fourth-order valence-corrected chi connectivity index (χ4v) is 2.40. The van der Waals surface area contributed by atoms with Gasteiger partial charge in [0.15, 0.2) is 18.2 Å². The Morgan fingerprint density at radius 1 is 1.04 bits per heavy atom. The number of rotatable bonds is 8. The minimum absolute atomic E-state index is 0.0195. The van der Waals surface area contributed by atoms with Crippen LogP contribution in [-0.2, 0) is 14.3 Å². The highest BCUT2D eigenvalue weighted by Gasteiger charge is 2.13. The molecule has 0 aliphatic heterocycles. The van der Waals surface area contributed by atoms with E-state index in [1.165, 1.54) is 18.4 Å². The zero-order chi connectivity index (χ0) is 19.6. The van der Waals surface area contributed by atoms with Gasteiger partial charge < -0.3 is 9.15 Å². The van der Waals surface area contributed by atoms with Crippen molar-refractivity contribution in [3.05, 3.63) is 54.0 Å². The normalized spacial score (nSPS) is 10.1. The highest BCUT2D eigenvalue weighted by Crippen LogP contribution is 2.16. The summed E-state index contributed by atoms with van der Waals surface area (Å²) in [6.45, 7) is -0.576. The van der Waals surface area contributed by atoms with Crippen LogP contribution in [-0.4, -0.2) is 36.4 Å². The van der Waals surface area contributed by atoms with Crippen LogP contribution in [0.15, 0.2) is 52.0 Å². The third-order valence-corrected chi connectivity index (χ3v) is 4.14. The summed E-state index contributed by atoms with van der Waals surface area (Å²) in [5.41, 5.74) is 4.71. The lowest BCUT2D eigenvalue weighted by Gasteiger charge is -2.07. The monoisotopic (exact) mass is 390 g/mol. The Hall–Kier alpha value is -3.07. The molecule has 2 aromatic rings. The van der Waals surface area contributed by atoms with Crippen LogP contribution in [0.2, 0.25) is 0 Å². The number of amides is 2. The van der Waals surface area contributed by atoms with Crippen LogP contribution in [0.1, 0.15) is 33.8 Å². The van der Waals surface area contributed by atoms with Crippen LogP contribution < -0.4 is 10.9 Å². The summed E-state index contributed by atoms with van der Waals surface area (Å²) >= 11 is 1.57. The highest BCUT2D eigenvalue weighted by molar-refractivity contribution is 7.98. The molecular formula is C18H18N2O6S. The maximum absolute atomic E-state index is 12.0. The molecular weight excluding hydrogens is 372 g/mol. The van der Waals surface area contributed by atoms with Crippen LogP contribution in [0.5, 0.6) is 0 Å². The Balaban J connectivity index is 1.65. The van der Waals surface area contributed by atoms with Crippen molar-refractivity contribution in [2.45, 2.75) is 17.7 Å². The number of thioether (sulfide) groups is 1. The van der Waals surface area contributed by atoms with E-state index < -0.39 is 24.4 Å². The molecule has 0 aliphatic rings. The van der Waals surface area contributed by atoms with E-state index in [0.29, 0.717) is 5.56 Å². The van der Waals surface area contributed by atoms with Gasteiger partial charge in [0.2, 0.25) is 0 Å². The molecule has 2 rings (SSSR count). The lowest BCUT2D eigenvalue weighted by atomic mass is 10.1. The number of ether oxygens (including phenoxy) is 1. The topological polar surface area (TPSA) is 115 Å². The Morgan fingerprint density at radius 2 is 1.78 bits per heavy atom. The molecule has 0 saturated heterocycles. The van der Waals surface area contributed by atoms with Gasteiger partial charge >= 0.3 is 11.9 Å². The number of Topliss-reactive ketones (excluding diaryl/α,β-unsaturated/α-hetero) is 1. The minimum Gasteiger partial charge on any atom is -0.459 e. The van der Waals surface area contributed by atoms with Crippen LogP contribution in [0, 0.1) is 0 Å². The van der Waals surface area contributed by atoms with Gasteiger partial charge in [-0.2, -0.15) is 0 Å². The first-order chi connectivity index (χ1) is 13.0. The summed E-state index contributed by atoms with van der Waals surface area (Å²) in [6.07, 6.45) is 3.09. The first-order valence-electron chi connectivity index (χ1n) is 7.95. The van der Waals surface area contributed by atoms with Crippen molar-refractivity contribution in [1.82, 2.24) is 10.9 Å². The van der Waals surface area contributed by atoms with Gasteiger partial charge in [0, 0.05) is 16.9 Å². The van der Waals surface area contributed by atoms with Crippen LogP contribution in [0.4, 0.5) is 0 Å². The third kappa shape index (κ3) is 6.63. The molecule has 0 bridgehead atoms. The Morgan fingerprint density at radius 3 is 2.41 bits per heavy atom. The van der Waals surface area contributed by atoms with Crippen LogP contribution in [0.25, 0.3) is 0 Å². The van der Waals surface area contributed by atoms with Gasteiger partial charge in [0.05, 0.1) is 12.7 Å². The molecule has 1 aromatic carbocycles. The molecule has 1 aromatic heterocycles. The van der Waals surface area contributed by atoms with E-state index in [9.17, 15) is 19.2 Å². The van der Waals surface area contributed by atoms with E-state index >= 15 is 0 Å². The maximum Gasteiger partial charge on any atom is 0.306 e. The third-order valence-electron chi connectivity index (χ3n) is 3.39. The first kappa shape index (κ1) is 20.2. The summed E-state index contributed by atoms with van der Waals surface area (Å²) < 4.78 is 9.62. The van der Waals surface area contributed by atoms with Gasteiger partial charge in [-0.1, -0.05) is 12.1 Å². The van der Waals surface area contributed by atoms with E-state index in [-0.39, 0.29) is 24.4 Å². The Bertz CT molecular complexity index is 802. The summed E-state index contributed by atoms with van der Waals surface area (Å²) in [7, 11) is 0. The van der Waals surface area contributed by atoms with Crippen molar-refractivity contribution in [2.24, 2.45) is 0 Å². The number of furan rings is 1. The molecule has 2 amide bonds. The van der Waals surface area contributed by atoms with Crippen molar-refractivity contribution >= 4 is 35.3 Å². The Labute approximate surface area is 159 Å². The number of esters is 1. The quantitative estimate of drug-likeness (QED) is 0.306. The largest absolute Gasteiger partial charge is 0.459 e. The van der Waals surface area contributed by atoms with Gasteiger partial charge in [0.1, 0.15) is 0 Å². The van der Waals surface area contributed by atoms with Gasteiger partial charge in [-0.3, -0.25) is 30.0 Å². The zero-order valence-corrected chi connectivity index (χ0v) is 15.3. The maximum atomic E-state index is 12.0. The van der Waals surface area contributed by atoms with Gasteiger partial charge in [-0.25, -0.2) is 0 Å². The molecule has 2 N–H and O–H groups in total. The average molecular weight is 390 g/mol. The van der Waals surface area contributed by atoms with Crippen molar-refractivity contribution in [2.75, 3.05) is 12.9 Å². The van der Waals surface area contributed by atoms with Crippen LogP contribution in [0.3, 0.4) is 0 Å². The molecule has 0 atom stereocenters. The summed E-state index contributed by atoms with van der Waals surface area (Å²) in [5, 5.41) is 0. The Kier molecular flexibility index (Phi) is 7.63. The van der Waals surface area contributed by atoms with E-state index in [1.807, 2.05) is 18.4 Å². The number of benzene rings is 1. The SMILES string of the molecule is CSc1ccc(C(=O)CCC(=O)OCC(=O)NNC(=O)c2ccco2)cc1. The predicted octanol–water partition coefficient (Wildman–Crippen LogP) is 1.97. The number of hydrogen-bond acceptors (Lipinski definition) is 7. The van der Waals surface area contributed by atoms with Gasteiger partial charge in [-0.15, -0.1) is 11.8 Å². The number of ketones is 1. The number of carbonyl (C=O) groups excluding carboxylic acids is 4. The second-order valence-electron chi connectivity index (χ2n) is 5.29. The lowest BCUT2D eigenvalue weighted by molar-refractivity contribution is -0.148. The average Bonchev–Trinajstić information content (AvgIpc) is 3.23. The number of carbonyl (C=O) groups is 4. The minimum atomic E-state index is -0.720. The molecule has 27 heavy (non-hydrogen) atoms. The van der Waals surface area contributed by atoms with Crippen molar-refractivity contribution in [3.63, 3.8) is 0 Å². The fourth-order valence-electron chi connectivity index (χ4n) is 1.99. The first-order valence-corrected chi connectivity index (χ1v) is 9.17. The van der Waals surface area contributed by atoms with Gasteiger partial charge in [0.25, 0.3) is 5.91 Å². The molecule has 8 nitrogen and oxygen atoms in total. The molecule has 0 saturated carbocycles. The van der Waals surface area contributed by atoms with Gasteiger partial charge in [-0.05, 0) is 30.5 Å². The molecule has 0 fully saturated rings. The van der Waals surface area contributed by atoms with E-state index in [2.05, 4.69) is 10.9 Å². The van der Waals surface area contributed by atoms with Crippen LogP contribution >= 0.6 is 11.8 Å². The molecule has 0 radical (unpaired) electrons. The molecule has 9 heteroatoms. The molecule has 0 aliphatic carbocycles. The molecule has 1 heterocycles. The van der Waals surface area contributed by atoms with Crippen molar-refractivity contribution in [3.8, 4) is 0 Å². The number of hydrogen-bond donors (Lipinski definition) is 2. The summed E-state index contributed by atoms with van der Waals surface area (Å²) in [6, 6.07) is 10.0. The zero-order valence-electron chi connectivity index (χ0n) is 14.5. The summed E-state index contributed by atoms with van der Waals surface area (Å²) in [5.74, 6) is -2.21. The standard InChI is InChI=1S/C18H18N2O6S/c1-27-13-6-4-12(5-7-13)14(21)8-9-17(23)26-11-16(22)19-20-18(24)15-3-2-10-25-15/h2-7,10H,8-9,11H2,1H3,(H,19,22)(H,20,24). The molecule has 0 spiro atoms. The summed E-state index contributed by atoms with van der Waals surface area (Å²) in [4.78, 5) is 47.8. The van der Waals surface area contributed by atoms with E-state index in [1.54, 1.807) is 23.9 Å². The lowest BCUT2D eigenvalue weighted by Crippen LogP contribution is -2.43. The second-order valence-corrected chi connectivity index (χ2v) is 6.17. The number of hydrazine groups is 1. The number of nitrogens with one attached hydrogen (secondary N) is 2. The van der Waals surface area contributed by atoms with Crippen molar-refractivity contribution < 1.29 is 28.3 Å². The second kappa shape index (κ2) is 10.2. The predicted molar refractivity (Wildman–Crippen MR) is 97.1 cm³/mol. The highest BCUT2D eigenvalue weighted by atomic mass is 32.2. The van der Waals surface area contributed by atoms with Crippen molar-refractivity contribution in [1.29, 1.82) is 0 Å².